The predicted octanol–water partition coefficient (Wildman–Crippen LogP) is 2.50. The number of aromatic nitrogens is 2. The largest absolute Gasteiger partial charge is 0.494 e. The summed E-state index contributed by atoms with van der Waals surface area (Å²) in [5.41, 5.74) is 0.926. The van der Waals surface area contributed by atoms with E-state index < -0.39 is 11.9 Å². The van der Waals surface area contributed by atoms with E-state index >= 15 is 0 Å². The van der Waals surface area contributed by atoms with Gasteiger partial charge in [-0.05, 0) is 30.7 Å². The number of hydrogen-bond acceptors (Lipinski definition) is 4. The Bertz CT molecular complexity index is 1060. The molecule has 0 spiro atoms. The molecule has 1 atom stereocenters. The lowest BCUT2D eigenvalue weighted by Gasteiger charge is -2.16. The summed E-state index contributed by atoms with van der Waals surface area (Å²) in [5, 5.41) is 8.23. The maximum Gasteiger partial charge on any atom is 0.274 e. The van der Waals surface area contributed by atoms with E-state index in [0.717, 1.165) is 0 Å². The third kappa shape index (κ3) is 3.81. The molecule has 3 rings (SSSR count). The summed E-state index contributed by atoms with van der Waals surface area (Å²) in [6.45, 7) is 1.77. The van der Waals surface area contributed by atoms with Crippen LogP contribution in [0.3, 0.4) is 0 Å². The highest BCUT2D eigenvalue weighted by molar-refractivity contribution is 5.88. The molecule has 3 aromatic rings. The molecule has 7 heteroatoms. The van der Waals surface area contributed by atoms with Crippen molar-refractivity contribution in [2.24, 2.45) is 7.05 Å². The van der Waals surface area contributed by atoms with Crippen molar-refractivity contribution in [3.63, 3.8) is 0 Å². The van der Waals surface area contributed by atoms with Crippen LogP contribution in [0, 0.1) is 5.82 Å². The van der Waals surface area contributed by atoms with Gasteiger partial charge in [0.05, 0.1) is 30.7 Å². The molecular weight excluding hydrogens is 349 g/mol. The molecule has 0 fully saturated rings. The number of hydrogen-bond donors (Lipinski definition) is 1. The highest BCUT2D eigenvalue weighted by Gasteiger charge is 2.16. The molecule has 1 amide bonds. The monoisotopic (exact) mass is 369 g/mol. The molecule has 1 heterocycles. The summed E-state index contributed by atoms with van der Waals surface area (Å²) in [4.78, 5) is 24.7. The Labute approximate surface area is 155 Å². The molecule has 27 heavy (non-hydrogen) atoms. The molecular formula is C20H20FN3O3. The number of aryl methyl sites for hydroxylation is 1. The second-order valence-corrected chi connectivity index (χ2v) is 6.28. The van der Waals surface area contributed by atoms with Crippen LogP contribution in [0.4, 0.5) is 4.39 Å². The van der Waals surface area contributed by atoms with Gasteiger partial charge in [0.15, 0.2) is 11.6 Å². The Morgan fingerprint density at radius 1 is 1.26 bits per heavy atom. The smallest absolute Gasteiger partial charge is 0.274 e. The van der Waals surface area contributed by atoms with Gasteiger partial charge >= 0.3 is 0 Å². The van der Waals surface area contributed by atoms with Gasteiger partial charge in [-0.1, -0.05) is 24.3 Å². The van der Waals surface area contributed by atoms with Gasteiger partial charge in [-0.2, -0.15) is 5.10 Å². The molecule has 6 nitrogen and oxygen atoms in total. The fraction of sp³-hybridized carbons (Fsp3) is 0.250. The van der Waals surface area contributed by atoms with Crippen LogP contribution < -0.4 is 15.6 Å². The molecule has 0 aliphatic carbocycles. The van der Waals surface area contributed by atoms with Gasteiger partial charge in [-0.25, -0.2) is 9.07 Å². The topological polar surface area (TPSA) is 73.2 Å². The number of halogens is 1. The highest BCUT2D eigenvalue weighted by atomic mass is 19.1. The number of ether oxygens (including phenoxy) is 1. The number of benzene rings is 2. The van der Waals surface area contributed by atoms with Gasteiger partial charge in [-0.15, -0.1) is 0 Å². The molecule has 0 aliphatic heterocycles. The first kappa shape index (κ1) is 18.6. The minimum atomic E-state index is -0.484. The Hall–Kier alpha value is -3.22. The lowest BCUT2D eigenvalue weighted by molar-refractivity contribution is -0.121. The first-order valence-electron chi connectivity index (χ1n) is 8.48. The summed E-state index contributed by atoms with van der Waals surface area (Å²) >= 11 is 0. The molecule has 2 aromatic carbocycles. The standard InChI is InChI=1S/C20H20FN3O3/c1-12(13-8-9-18(27-3)16(21)10-13)22-19(25)11-17-14-6-4-5-7-15(14)20(26)24(2)23-17/h4-10,12H,11H2,1-3H3,(H,22,25)/t12-/m1/s1. The zero-order valence-electron chi connectivity index (χ0n) is 15.3. The normalized spacial score (nSPS) is 12.0. The quantitative estimate of drug-likeness (QED) is 0.750. The van der Waals surface area contributed by atoms with Crippen LogP contribution in [0.2, 0.25) is 0 Å². The highest BCUT2D eigenvalue weighted by Crippen LogP contribution is 2.22. The average Bonchev–Trinajstić information content (AvgIpc) is 2.65. The van der Waals surface area contributed by atoms with Gasteiger partial charge in [0.1, 0.15) is 0 Å². The predicted molar refractivity (Wildman–Crippen MR) is 100 cm³/mol. The molecule has 1 N–H and O–H groups in total. The third-order valence-electron chi connectivity index (χ3n) is 4.41. The lowest BCUT2D eigenvalue weighted by atomic mass is 10.1. The molecule has 0 aliphatic rings. The number of methoxy groups -OCH3 is 1. The number of amides is 1. The Balaban J connectivity index is 1.80. The van der Waals surface area contributed by atoms with Crippen molar-refractivity contribution >= 4 is 16.7 Å². The van der Waals surface area contributed by atoms with Crippen LogP contribution in [-0.2, 0) is 18.3 Å². The number of carbonyl (C=O) groups is 1. The molecule has 0 bridgehead atoms. The Morgan fingerprint density at radius 2 is 1.96 bits per heavy atom. The van der Waals surface area contributed by atoms with Gasteiger partial charge in [0, 0.05) is 12.4 Å². The Kier molecular flexibility index (Phi) is 5.21. The molecule has 1 aromatic heterocycles. The second kappa shape index (κ2) is 7.57. The van der Waals surface area contributed by atoms with E-state index in [1.165, 1.54) is 23.9 Å². The van der Waals surface area contributed by atoms with Crippen LogP contribution in [-0.4, -0.2) is 22.8 Å². The molecule has 0 radical (unpaired) electrons. The molecule has 0 saturated heterocycles. The van der Waals surface area contributed by atoms with Crippen molar-refractivity contribution in [3.05, 3.63) is 69.9 Å². The van der Waals surface area contributed by atoms with E-state index in [0.29, 0.717) is 22.0 Å². The Morgan fingerprint density at radius 3 is 2.63 bits per heavy atom. The number of nitrogens with zero attached hydrogens (tertiary/aromatic N) is 2. The zero-order chi connectivity index (χ0) is 19.6. The minimum Gasteiger partial charge on any atom is -0.494 e. The average molecular weight is 369 g/mol. The first-order chi connectivity index (χ1) is 12.9. The van der Waals surface area contributed by atoms with E-state index in [1.807, 2.05) is 0 Å². The van der Waals surface area contributed by atoms with E-state index in [1.54, 1.807) is 44.3 Å². The fourth-order valence-corrected chi connectivity index (χ4v) is 2.99. The van der Waals surface area contributed by atoms with Crippen molar-refractivity contribution in [3.8, 4) is 5.75 Å². The number of rotatable bonds is 5. The lowest BCUT2D eigenvalue weighted by Crippen LogP contribution is -2.30. The summed E-state index contributed by atoms with van der Waals surface area (Å²) in [5.74, 6) is -0.602. The summed E-state index contributed by atoms with van der Waals surface area (Å²) in [7, 11) is 2.95. The zero-order valence-corrected chi connectivity index (χ0v) is 15.3. The van der Waals surface area contributed by atoms with Crippen LogP contribution in [0.5, 0.6) is 5.75 Å². The summed E-state index contributed by atoms with van der Waals surface area (Å²) in [6.07, 6.45) is 0.0115. The number of carbonyl (C=O) groups excluding carboxylic acids is 1. The van der Waals surface area contributed by atoms with Crippen molar-refractivity contribution in [1.29, 1.82) is 0 Å². The summed E-state index contributed by atoms with van der Waals surface area (Å²) in [6, 6.07) is 11.2. The van der Waals surface area contributed by atoms with Crippen LogP contribution >= 0.6 is 0 Å². The SMILES string of the molecule is COc1ccc([C@@H](C)NC(=O)Cc2nn(C)c(=O)c3ccccc23)cc1F. The van der Waals surface area contributed by atoms with Crippen molar-refractivity contribution in [1.82, 2.24) is 15.1 Å². The van der Waals surface area contributed by atoms with E-state index in [4.69, 9.17) is 4.74 Å². The molecule has 140 valence electrons. The number of fused-ring (bicyclic) bond motifs is 1. The molecule has 0 unspecified atom stereocenters. The van der Waals surface area contributed by atoms with Crippen molar-refractivity contribution in [2.75, 3.05) is 7.11 Å². The van der Waals surface area contributed by atoms with Crippen molar-refractivity contribution < 1.29 is 13.9 Å². The third-order valence-corrected chi connectivity index (χ3v) is 4.41. The van der Waals surface area contributed by atoms with Crippen LogP contribution in [0.25, 0.3) is 10.8 Å². The van der Waals surface area contributed by atoms with E-state index in [9.17, 15) is 14.0 Å². The molecule has 0 saturated carbocycles. The summed E-state index contributed by atoms with van der Waals surface area (Å²) < 4.78 is 20.0. The van der Waals surface area contributed by atoms with E-state index in [-0.39, 0.29) is 23.6 Å². The van der Waals surface area contributed by atoms with Gasteiger partial charge in [0.2, 0.25) is 5.91 Å². The van der Waals surface area contributed by atoms with Gasteiger partial charge in [-0.3, -0.25) is 9.59 Å². The van der Waals surface area contributed by atoms with E-state index in [2.05, 4.69) is 10.4 Å². The van der Waals surface area contributed by atoms with Crippen LogP contribution in [0.1, 0.15) is 24.2 Å². The maximum atomic E-state index is 13.9. The fourth-order valence-electron chi connectivity index (χ4n) is 2.99. The number of nitrogens with one attached hydrogen (secondary N) is 1. The maximum absolute atomic E-state index is 13.9. The van der Waals surface area contributed by atoms with Gasteiger partial charge in [0.25, 0.3) is 5.56 Å². The minimum absolute atomic E-state index is 0.0115. The second-order valence-electron chi connectivity index (χ2n) is 6.28. The van der Waals surface area contributed by atoms with Gasteiger partial charge < -0.3 is 10.1 Å². The van der Waals surface area contributed by atoms with Crippen LogP contribution in [0.15, 0.2) is 47.3 Å². The van der Waals surface area contributed by atoms with Crippen molar-refractivity contribution in [2.45, 2.75) is 19.4 Å². The first-order valence-corrected chi connectivity index (χ1v) is 8.48.